The highest BCUT2D eigenvalue weighted by Crippen LogP contribution is 2.31. The Kier molecular flexibility index (Phi) is 4.39. The zero-order valence-electron chi connectivity index (χ0n) is 14.2. The molecule has 3 aromatic rings. The summed E-state index contributed by atoms with van der Waals surface area (Å²) < 4.78 is 13.7. The van der Waals surface area contributed by atoms with Crippen molar-refractivity contribution in [1.82, 2.24) is 14.7 Å². The third kappa shape index (κ3) is 3.67. The summed E-state index contributed by atoms with van der Waals surface area (Å²) in [5, 5.41) is 4.25. The fourth-order valence-electron chi connectivity index (χ4n) is 3.05. The second-order valence-corrected chi connectivity index (χ2v) is 6.31. The highest BCUT2D eigenvalue weighted by Gasteiger charge is 2.21. The van der Waals surface area contributed by atoms with Crippen LogP contribution in [0, 0.1) is 0 Å². The van der Waals surface area contributed by atoms with E-state index in [2.05, 4.69) is 41.3 Å². The van der Waals surface area contributed by atoms with Gasteiger partial charge >= 0.3 is 0 Å². The van der Waals surface area contributed by atoms with Gasteiger partial charge in [-0.1, -0.05) is 24.3 Å². The average Bonchev–Trinajstić information content (AvgIpc) is 3.17. The fraction of sp³-hybridized carbons (Fsp3) is 0.250. The van der Waals surface area contributed by atoms with Crippen molar-refractivity contribution < 1.29 is 9.47 Å². The molecule has 0 saturated carbocycles. The summed E-state index contributed by atoms with van der Waals surface area (Å²) in [5.74, 6) is 1.66. The monoisotopic (exact) mass is 335 g/mol. The number of ether oxygens (including phenoxy) is 2. The van der Waals surface area contributed by atoms with Gasteiger partial charge < -0.3 is 9.47 Å². The van der Waals surface area contributed by atoms with Crippen molar-refractivity contribution in [3.05, 3.63) is 72.6 Å². The number of benzene rings is 2. The Labute approximate surface area is 147 Å². The van der Waals surface area contributed by atoms with Gasteiger partial charge in [0.2, 0.25) is 0 Å². The van der Waals surface area contributed by atoms with E-state index in [0.29, 0.717) is 6.61 Å². The van der Waals surface area contributed by atoms with Crippen LogP contribution in [-0.4, -0.2) is 41.0 Å². The SMILES string of the molecule is CN(Cc1ccc(-n2cccn2)cc1)CC1COc2ccccc2O1. The van der Waals surface area contributed by atoms with Gasteiger partial charge in [0, 0.05) is 25.5 Å². The molecule has 5 heteroatoms. The lowest BCUT2D eigenvalue weighted by molar-refractivity contribution is 0.0638. The molecule has 1 aromatic heterocycles. The molecule has 2 heterocycles. The van der Waals surface area contributed by atoms with Gasteiger partial charge in [0.25, 0.3) is 0 Å². The van der Waals surface area contributed by atoms with Crippen LogP contribution in [0.2, 0.25) is 0 Å². The molecule has 0 fully saturated rings. The highest BCUT2D eigenvalue weighted by molar-refractivity contribution is 5.40. The van der Waals surface area contributed by atoms with E-state index in [1.54, 1.807) is 6.20 Å². The van der Waals surface area contributed by atoms with Crippen LogP contribution in [0.25, 0.3) is 5.69 Å². The highest BCUT2D eigenvalue weighted by atomic mass is 16.6. The Hall–Kier alpha value is -2.79. The number of aromatic nitrogens is 2. The molecule has 0 radical (unpaired) electrons. The van der Waals surface area contributed by atoms with Gasteiger partial charge in [-0.15, -0.1) is 0 Å². The normalized spacial score (nSPS) is 16.2. The number of fused-ring (bicyclic) bond motifs is 1. The van der Waals surface area contributed by atoms with Crippen LogP contribution in [0.4, 0.5) is 0 Å². The van der Waals surface area contributed by atoms with Gasteiger partial charge in [-0.3, -0.25) is 4.90 Å². The predicted molar refractivity (Wildman–Crippen MR) is 96.3 cm³/mol. The zero-order chi connectivity index (χ0) is 17.1. The number of likely N-dealkylation sites (N-methyl/N-ethyl adjacent to an activating group) is 1. The van der Waals surface area contributed by atoms with Crippen LogP contribution in [0.3, 0.4) is 0 Å². The van der Waals surface area contributed by atoms with Gasteiger partial charge in [0.15, 0.2) is 11.5 Å². The number of nitrogens with zero attached hydrogens (tertiary/aromatic N) is 3. The Morgan fingerprint density at radius 2 is 1.88 bits per heavy atom. The van der Waals surface area contributed by atoms with E-state index in [4.69, 9.17) is 9.47 Å². The van der Waals surface area contributed by atoms with Crippen molar-refractivity contribution in [2.45, 2.75) is 12.6 Å². The summed E-state index contributed by atoms with van der Waals surface area (Å²) in [6.07, 6.45) is 3.77. The van der Waals surface area contributed by atoms with Gasteiger partial charge in [0.05, 0.1) is 5.69 Å². The molecule has 1 aliphatic rings. The molecule has 0 aliphatic carbocycles. The van der Waals surface area contributed by atoms with Gasteiger partial charge in [0.1, 0.15) is 12.7 Å². The van der Waals surface area contributed by atoms with Crippen molar-refractivity contribution in [3.8, 4) is 17.2 Å². The van der Waals surface area contributed by atoms with Crippen molar-refractivity contribution in [3.63, 3.8) is 0 Å². The molecule has 0 spiro atoms. The van der Waals surface area contributed by atoms with Crippen LogP contribution >= 0.6 is 0 Å². The van der Waals surface area contributed by atoms with Gasteiger partial charge in [-0.2, -0.15) is 5.10 Å². The first-order valence-corrected chi connectivity index (χ1v) is 8.44. The minimum atomic E-state index is 0.0447. The van der Waals surface area contributed by atoms with Gasteiger partial charge in [-0.25, -0.2) is 4.68 Å². The van der Waals surface area contributed by atoms with Crippen molar-refractivity contribution in [2.75, 3.05) is 20.2 Å². The molecule has 0 amide bonds. The standard InChI is InChI=1S/C20H21N3O2/c1-22(14-18-15-24-19-5-2-3-6-20(19)25-18)13-16-7-9-17(10-8-16)23-12-4-11-21-23/h2-12,18H,13-15H2,1H3. The van der Waals surface area contributed by atoms with E-state index in [0.717, 1.165) is 30.3 Å². The van der Waals surface area contributed by atoms with Crippen LogP contribution in [-0.2, 0) is 6.54 Å². The predicted octanol–water partition coefficient (Wildman–Crippen LogP) is 3.14. The molecular formula is C20H21N3O2. The maximum atomic E-state index is 6.03. The number of rotatable bonds is 5. The molecule has 0 N–H and O–H groups in total. The topological polar surface area (TPSA) is 39.5 Å². The number of para-hydroxylation sites is 2. The maximum Gasteiger partial charge on any atom is 0.161 e. The van der Waals surface area contributed by atoms with Crippen LogP contribution in [0.15, 0.2) is 67.0 Å². The van der Waals surface area contributed by atoms with Gasteiger partial charge in [-0.05, 0) is 42.9 Å². The molecule has 0 saturated heterocycles. The average molecular weight is 335 g/mol. The third-order valence-electron chi connectivity index (χ3n) is 4.24. The molecule has 1 aliphatic heterocycles. The third-order valence-corrected chi connectivity index (χ3v) is 4.24. The first-order chi connectivity index (χ1) is 12.3. The largest absolute Gasteiger partial charge is 0.486 e. The molecule has 2 aromatic carbocycles. The van der Waals surface area contributed by atoms with Crippen molar-refractivity contribution >= 4 is 0 Å². The molecule has 128 valence electrons. The molecule has 25 heavy (non-hydrogen) atoms. The molecule has 1 unspecified atom stereocenters. The molecular weight excluding hydrogens is 314 g/mol. The second-order valence-electron chi connectivity index (χ2n) is 6.31. The second kappa shape index (κ2) is 6.99. The molecule has 1 atom stereocenters. The van der Waals surface area contributed by atoms with E-state index >= 15 is 0 Å². The lowest BCUT2D eigenvalue weighted by atomic mass is 10.2. The first-order valence-electron chi connectivity index (χ1n) is 8.44. The maximum absolute atomic E-state index is 6.03. The summed E-state index contributed by atoms with van der Waals surface area (Å²) in [6, 6.07) is 18.2. The summed E-state index contributed by atoms with van der Waals surface area (Å²) in [7, 11) is 2.10. The number of hydrogen-bond donors (Lipinski definition) is 0. The fourth-order valence-corrected chi connectivity index (χ4v) is 3.05. The van der Waals surface area contributed by atoms with E-state index in [1.165, 1.54) is 5.56 Å². The lowest BCUT2D eigenvalue weighted by Gasteiger charge is -2.29. The van der Waals surface area contributed by atoms with E-state index in [1.807, 2.05) is 41.2 Å². The summed E-state index contributed by atoms with van der Waals surface area (Å²) in [4.78, 5) is 2.25. The Balaban J connectivity index is 1.34. The Morgan fingerprint density at radius 3 is 2.64 bits per heavy atom. The van der Waals surface area contributed by atoms with E-state index < -0.39 is 0 Å². The summed E-state index contributed by atoms with van der Waals surface area (Å²) >= 11 is 0. The zero-order valence-corrected chi connectivity index (χ0v) is 14.2. The van der Waals surface area contributed by atoms with E-state index in [9.17, 15) is 0 Å². The Morgan fingerprint density at radius 1 is 1.08 bits per heavy atom. The number of hydrogen-bond acceptors (Lipinski definition) is 4. The minimum Gasteiger partial charge on any atom is -0.486 e. The van der Waals surface area contributed by atoms with Crippen molar-refractivity contribution in [2.24, 2.45) is 0 Å². The smallest absolute Gasteiger partial charge is 0.161 e. The molecule has 4 rings (SSSR count). The minimum absolute atomic E-state index is 0.0447. The summed E-state index contributed by atoms with van der Waals surface area (Å²) in [6.45, 7) is 2.26. The quantitative estimate of drug-likeness (QED) is 0.718. The molecule has 5 nitrogen and oxygen atoms in total. The van der Waals surface area contributed by atoms with Crippen LogP contribution in [0.5, 0.6) is 11.5 Å². The Bertz CT molecular complexity index is 815. The van der Waals surface area contributed by atoms with Crippen molar-refractivity contribution in [1.29, 1.82) is 0 Å². The first kappa shape index (κ1) is 15.7. The molecule has 0 bridgehead atoms. The van der Waals surface area contributed by atoms with Crippen LogP contribution in [0.1, 0.15) is 5.56 Å². The van der Waals surface area contributed by atoms with Crippen LogP contribution < -0.4 is 9.47 Å². The lowest BCUT2D eigenvalue weighted by Crippen LogP contribution is -2.39. The van der Waals surface area contributed by atoms with E-state index in [-0.39, 0.29) is 6.10 Å². The summed E-state index contributed by atoms with van der Waals surface area (Å²) in [5.41, 5.74) is 2.33.